The fourth-order valence-electron chi connectivity index (χ4n) is 13.8. The third kappa shape index (κ3) is 25.2. The second kappa shape index (κ2) is 51.4. The highest BCUT2D eigenvalue weighted by Crippen LogP contribution is 2.35. The standard InChI is InChI=1S/C16H10.C15H12.C14H11N.C14H10.C11H10.C10H14.2C9H8N2.5C2H6.5CH4/c1-3-11-7-9-13-5-2-6-14-10-8-12(4-1)15(11)16(13)14;1-11-14-8-4-2-6-12(14)10-13-7-3-5-9-15(11)13;1-10-11-6-2-4-8-13(11)15-14-9-5-3-7-12(10)14;1-3-7-13-11(5-1)9-10-12-6-2-4-8-14(12)13;1-9-5-4-7-10-6-2-3-8-11(9)10;1-7-5-8(2)10(4)9(3)6-7;2*1-7-3-2-4-8-9(7)11-6-5-10-8;5*1-2;;;;;/h1-10H;2-10H,1H3;2-9H,1H3;1-10H;2-8H,1H3;5-6H,1-4H3;2*2-6H,1H3;5*1-2H3;5*1H4. The third-order valence-electron chi connectivity index (χ3n) is 19.4. The van der Waals surface area contributed by atoms with Crippen LogP contribution >= 0.6 is 0 Å². The minimum absolute atomic E-state index is 0. The maximum atomic E-state index is 4.64. The molecule has 17 aromatic carbocycles. The van der Waals surface area contributed by atoms with Crippen LogP contribution in [0.5, 0.6) is 0 Å². The smallest absolute Gasteiger partial charge is 0.0915 e. The zero-order valence-electron chi connectivity index (χ0n) is 70.1. The van der Waals surface area contributed by atoms with E-state index in [-0.39, 0.29) is 37.1 Å². The summed E-state index contributed by atoms with van der Waals surface area (Å²) in [6, 6.07) is 110. The number of aromatic nitrogens is 5. The molecule has 20 rings (SSSR count). The quantitative estimate of drug-likeness (QED) is 0.112. The van der Waals surface area contributed by atoms with Gasteiger partial charge in [0.1, 0.15) is 0 Å². The van der Waals surface area contributed by atoms with Crippen molar-refractivity contribution in [1.29, 1.82) is 0 Å². The maximum Gasteiger partial charge on any atom is 0.0915 e. The van der Waals surface area contributed by atoms with E-state index in [4.69, 9.17) is 0 Å². The van der Waals surface area contributed by atoms with Crippen LogP contribution in [0.15, 0.2) is 340 Å². The zero-order valence-corrected chi connectivity index (χ0v) is 70.1. The Bertz CT molecular complexity index is 5700. The molecule has 0 unspecified atom stereocenters. The average molecular weight is 1560 g/mol. The fraction of sp³-hybridized carbons (Fsp3) is 0.212. The molecule has 0 saturated carbocycles. The number of hydrogen-bond acceptors (Lipinski definition) is 5. The Balaban J connectivity index is 0.000000343. The average Bonchev–Trinajstić information content (AvgIpc) is 1.35. The van der Waals surface area contributed by atoms with Gasteiger partial charge in [-0.2, -0.15) is 0 Å². The summed E-state index contributed by atoms with van der Waals surface area (Å²) in [6.07, 6.45) is 6.86. The summed E-state index contributed by atoms with van der Waals surface area (Å²) in [5.74, 6) is 0. The van der Waals surface area contributed by atoms with Gasteiger partial charge in [-0.1, -0.05) is 397 Å². The Morgan fingerprint density at radius 2 is 0.432 bits per heavy atom. The van der Waals surface area contributed by atoms with Crippen molar-refractivity contribution in [3.63, 3.8) is 0 Å². The van der Waals surface area contributed by atoms with Gasteiger partial charge >= 0.3 is 0 Å². The van der Waals surface area contributed by atoms with E-state index < -0.39 is 0 Å². The predicted molar refractivity (Wildman–Crippen MR) is 535 cm³/mol. The van der Waals surface area contributed by atoms with E-state index in [1.165, 1.54) is 147 Å². The van der Waals surface area contributed by atoms with Crippen LogP contribution < -0.4 is 0 Å². The molecule has 3 aromatic heterocycles. The van der Waals surface area contributed by atoms with E-state index in [0.717, 1.165) is 33.1 Å². The highest BCUT2D eigenvalue weighted by molar-refractivity contribution is 6.23. The fourth-order valence-corrected chi connectivity index (χ4v) is 13.8. The molecule has 0 atom stereocenters. The van der Waals surface area contributed by atoms with Crippen molar-refractivity contribution in [3.05, 3.63) is 390 Å². The first-order chi connectivity index (χ1) is 55.3. The molecule has 0 bridgehead atoms. The largest absolute Gasteiger partial charge is 0.253 e. The van der Waals surface area contributed by atoms with Crippen molar-refractivity contribution < 1.29 is 0 Å². The Kier molecular flexibility index (Phi) is 43.4. The molecule has 0 spiro atoms. The molecule has 0 aliphatic carbocycles. The van der Waals surface area contributed by atoms with Crippen LogP contribution in [0.4, 0.5) is 0 Å². The van der Waals surface area contributed by atoms with Gasteiger partial charge in [-0.05, 0) is 223 Å². The topological polar surface area (TPSA) is 64.5 Å². The number of benzene rings is 17. The molecule has 0 N–H and O–H groups in total. The molecule has 0 fully saturated rings. The van der Waals surface area contributed by atoms with Gasteiger partial charge in [0.25, 0.3) is 0 Å². The van der Waals surface area contributed by atoms with Crippen LogP contribution in [0.1, 0.15) is 156 Å². The minimum Gasteiger partial charge on any atom is -0.253 e. The molecular weight excluding hydrogens is 1430 g/mol. The van der Waals surface area contributed by atoms with Gasteiger partial charge in [0, 0.05) is 35.6 Å². The highest BCUT2D eigenvalue weighted by atomic mass is 14.8. The number of hydrogen-bond donors (Lipinski definition) is 0. The molecule has 0 aliphatic rings. The molecule has 610 valence electrons. The second-order valence-corrected chi connectivity index (χ2v) is 26.3. The summed E-state index contributed by atoms with van der Waals surface area (Å²) >= 11 is 0. The number of aryl methyl sites for hydroxylation is 8. The normalized spacial score (nSPS) is 9.65. The summed E-state index contributed by atoms with van der Waals surface area (Å²) in [6.45, 7) is 39.2. The highest BCUT2D eigenvalue weighted by Gasteiger charge is 2.08. The molecule has 0 radical (unpaired) electrons. The van der Waals surface area contributed by atoms with E-state index >= 15 is 0 Å². The number of pyridine rings is 1. The van der Waals surface area contributed by atoms with Gasteiger partial charge < -0.3 is 0 Å². The minimum atomic E-state index is 0. The number of nitrogens with zero attached hydrogens (tertiary/aromatic N) is 5. The van der Waals surface area contributed by atoms with Crippen LogP contribution in [0.2, 0.25) is 0 Å². The summed E-state index contributed by atoms with van der Waals surface area (Å²) < 4.78 is 0. The van der Waals surface area contributed by atoms with E-state index in [1.54, 1.807) is 24.8 Å². The molecule has 3 heterocycles. The van der Waals surface area contributed by atoms with Crippen LogP contribution in [-0.2, 0) is 0 Å². The Morgan fingerprint density at radius 3 is 0.805 bits per heavy atom. The molecule has 0 saturated heterocycles. The lowest BCUT2D eigenvalue weighted by Gasteiger charge is -2.09. The predicted octanol–water partition coefficient (Wildman–Crippen LogP) is 34.8. The molecule has 0 amide bonds. The van der Waals surface area contributed by atoms with Crippen molar-refractivity contribution >= 4 is 130 Å². The molecule has 5 nitrogen and oxygen atoms in total. The van der Waals surface area contributed by atoms with E-state index in [0.29, 0.717) is 0 Å². The van der Waals surface area contributed by atoms with Gasteiger partial charge in [0.15, 0.2) is 0 Å². The number of fused-ring (bicyclic) bond motifs is 10. The van der Waals surface area contributed by atoms with Gasteiger partial charge in [0.05, 0.1) is 33.1 Å². The van der Waals surface area contributed by atoms with E-state index in [2.05, 4.69) is 340 Å². The Hall–Kier alpha value is -12.6. The lowest BCUT2D eigenvalue weighted by atomic mass is 9.95. The van der Waals surface area contributed by atoms with Crippen LogP contribution in [0.25, 0.3) is 130 Å². The number of rotatable bonds is 0. The zero-order chi connectivity index (χ0) is 81.2. The molecule has 5 heteroatoms. The third-order valence-corrected chi connectivity index (χ3v) is 19.4. The summed E-state index contributed by atoms with van der Waals surface area (Å²) in [5.41, 5.74) is 18.1. The molecule has 20 aromatic rings. The number of para-hydroxylation sites is 4. The van der Waals surface area contributed by atoms with Gasteiger partial charge in [-0.25, -0.2) is 4.98 Å². The molecular formula is C113H133N5. The van der Waals surface area contributed by atoms with Crippen molar-refractivity contribution in [2.75, 3.05) is 0 Å². The van der Waals surface area contributed by atoms with Crippen molar-refractivity contribution in [2.24, 2.45) is 0 Å². The van der Waals surface area contributed by atoms with Crippen LogP contribution in [0, 0.1) is 62.3 Å². The summed E-state index contributed by atoms with van der Waals surface area (Å²) in [5, 5.41) is 24.0. The molecule has 118 heavy (non-hydrogen) atoms. The SMILES string of the molecule is C.C.C.C.C.CC.CC.CC.CC.CC.Cc1c2ccccc2cc2ccccc12.Cc1c2ccccc2nc2ccccc12.Cc1cc(C)c(C)c(C)c1.Cc1cccc2ccccc12.Cc1cccc2nccnc12.Cc1cccc2nccnc12.c1cc2ccc3cccc4ccc(c1)c2c34.c1ccc2c(c1)ccc1ccccc12. The van der Waals surface area contributed by atoms with Gasteiger partial charge in [0.2, 0.25) is 0 Å². The molecule has 0 aliphatic heterocycles. The first-order valence-corrected chi connectivity index (χ1v) is 40.3. The summed E-state index contributed by atoms with van der Waals surface area (Å²) in [7, 11) is 0. The van der Waals surface area contributed by atoms with E-state index in [1.807, 2.05) is 132 Å². The van der Waals surface area contributed by atoms with E-state index in [9.17, 15) is 0 Å². The van der Waals surface area contributed by atoms with Crippen LogP contribution in [-0.4, -0.2) is 24.9 Å². The van der Waals surface area contributed by atoms with Gasteiger partial charge in [-0.15, -0.1) is 0 Å². The van der Waals surface area contributed by atoms with Crippen molar-refractivity contribution in [3.8, 4) is 0 Å². The summed E-state index contributed by atoms with van der Waals surface area (Å²) in [4.78, 5) is 21.4. The Morgan fingerprint density at radius 1 is 0.178 bits per heavy atom. The monoisotopic (exact) mass is 1560 g/mol. The Labute approximate surface area is 709 Å². The maximum absolute atomic E-state index is 4.64. The second-order valence-electron chi connectivity index (χ2n) is 26.3. The lowest BCUT2D eigenvalue weighted by Crippen LogP contribution is -1.86. The van der Waals surface area contributed by atoms with Crippen molar-refractivity contribution in [2.45, 2.75) is 169 Å². The van der Waals surface area contributed by atoms with Crippen molar-refractivity contribution in [1.82, 2.24) is 24.9 Å². The first kappa shape index (κ1) is 99.6. The van der Waals surface area contributed by atoms with Gasteiger partial charge in [-0.3, -0.25) is 19.9 Å². The lowest BCUT2D eigenvalue weighted by molar-refractivity contribution is 1.23. The van der Waals surface area contributed by atoms with Crippen LogP contribution in [0.3, 0.4) is 0 Å². The first-order valence-electron chi connectivity index (χ1n) is 40.3.